The molecule has 0 aromatic rings. The maximum absolute atomic E-state index is 3.80. The minimum atomic E-state index is 0.347. The van der Waals surface area contributed by atoms with Gasteiger partial charge < -0.3 is 5.32 Å². The van der Waals surface area contributed by atoms with Gasteiger partial charge in [-0.2, -0.15) is 0 Å². The second-order valence-electron chi connectivity index (χ2n) is 2.19. The second-order valence-corrected chi connectivity index (χ2v) is 2.19. The van der Waals surface area contributed by atoms with Crippen molar-refractivity contribution in [2.45, 2.75) is 6.42 Å². The number of hydrogen-bond acceptors (Lipinski definition) is 1. The Labute approximate surface area is 76.2 Å². The summed E-state index contributed by atoms with van der Waals surface area (Å²) in [6, 6.07) is 0. The zero-order valence-electron chi connectivity index (χ0n) is 7.97. The van der Waals surface area contributed by atoms with E-state index in [1.54, 1.807) is 0 Å². The average Bonchev–Trinajstić information content (AvgIpc) is 2.16. The SMILES string of the molecule is C=C.C=CC(C=C)CC(=C)NC. The van der Waals surface area contributed by atoms with Gasteiger partial charge in [0.05, 0.1) is 0 Å². The van der Waals surface area contributed by atoms with Crippen LogP contribution in [0.1, 0.15) is 6.42 Å². The fraction of sp³-hybridized carbons (Fsp3) is 0.273. The lowest BCUT2D eigenvalue weighted by Crippen LogP contribution is -2.07. The van der Waals surface area contributed by atoms with Gasteiger partial charge in [0.1, 0.15) is 0 Å². The van der Waals surface area contributed by atoms with Crippen LogP contribution in [0.4, 0.5) is 0 Å². The van der Waals surface area contributed by atoms with Crippen molar-refractivity contribution >= 4 is 0 Å². The molecule has 0 fully saturated rings. The minimum Gasteiger partial charge on any atom is -0.392 e. The van der Waals surface area contributed by atoms with Gasteiger partial charge in [0.25, 0.3) is 0 Å². The van der Waals surface area contributed by atoms with E-state index in [0.29, 0.717) is 5.92 Å². The Morgan fingerprint density at radius 1 is 1.33 bits per heavy atom. The van der Waals surface area contributed by atoms with Gasteiger partial charge in [-0.3, -0.25) is 0 Å². The summed E-state index contributed by atoms with van der Waals surface area (Å²) in [5.41, 5.74) is 1.02. The molecule has 12 heavy (non-hydrogen) atoms. The van der Waals surface area contributed by atoms with Crippen LogP contribution in [0.3, 0.4) is 0 Å². The third-order valence-corrected chi connectivity index (χ3v) is 1.44. The lowest BCUT2D eigenvalue weighted by atomic mass is 10.0. The molecule has 1 nitrogen and oxygen atoms in total. The van der Waals surface area contributed by atoms with Crippen molar-refractivity contribution in [3.8, 4) is 0 Å². The van der Waals surface area contributed by atoms with Gasteiger partial charge in [0, 0.05) is 12.7 Å². The van der Waals surface area contributed by atoms with Crippen LogP contribution in [0.2, 0.25) is 0 Å². The molecule has 0 rings (SSSR count). The molecule has 68 valence electrons. The van der Waals surface area contributed by atoms with Gasteiger partial charge in [0.2, 0.25) is 0 Å². The van der Waals surface area contributed by atoms with Gasteiger partial charge in [-0.25, -0.2) is 0 Å². The van der Waals surface area contributed by atoms with E-state index in [4.69, 9.17) is 0 Å². The quantitative estimate of drug-likeness (QED) is 0.618. The molecule has 0 saturated heterocycles. The topological polar surface area (TPSA) is 12.0 Å². The summed E-state index contributed by atoms with van der Waals surface area (Å²) in [5, 5.41) is 2.97. The smallest absolute Gasteiger partial charge is 0.00401 e. The Hall–Kier alpha value is -1.24. The zero-order chi connectivity index (χ0) is 9.98. The second kappa shape index (κ2) is 9.76. The molecule has 0 saturated carbocycles. The average molecular weight is 165 g/mol. The van der Waals surface area contributed by atoms with Crippen LogP contribution in [-0.2, 0) is 0 Å². The third-order valence-electron chi connectivity index (χ3n) is 1.44. The van der Waals surface area contributed by atoms with Crippen LogP contribution in [0, 0.1) is 5.92 Å². The molecule has 0 aliphatic heterocycles. The van der Waals surface area contributed by atoms with Gasteiger partial charge in [-0.15, -0.1) is 26.3 Å². The highest BCUT2D eigenvalue weighted by Crippen LogP contribution is 2.09. The predicted molar refractivity (Wildman–Crippen MR) is 58.0 cm³/mol. The molecule has 0 amide bonds. The molecule has 0 aromatic carbocycles. The van der Waals surface area contributed by atoms with Crippen molar-refractivity contribution in [3.05, 3.63) is 50.7 Å². The molecule has 0 aromatic heterocycles. The van der Waals surface area contributed by atoms with E-state index in [9.17, 15) is 0 Å². The monoisotopic (exact) mass is 165 g/mol. The molecule has 0 spiro atoms. The molecule has 0 unspecified atom stereocenters. The van der Waals surface area contributed by atoms with E-state index in [1.165, 1.54) is 0 Å². The lowest BCUT2D eigenvalue weighted by Gasteiger charge is -2.08. The maximum Gasteiger partial charge on any atom is 0.00401 e. The Bertz CT molecular complexity index is 139. The lowest BCUT2D eigenvalue weighted by molar-refractivity contribution is 0.747. The van der Waals surface area contributed by atoms with Gasteiger partial charge in [-0.05, 0) is 12.3 Å². The minimum absolute atomic E-state index is 0.347. The Morgan fingerprint density at radius 2 is 1.75 bits per heavy atom. The molecule has 0 aliphatic rings. The third kappa shape index (κ3) is 6.87. The highest BCUT2D eigenvalue weighted by molar-refractivity contribution is 5.02. The number of allylic oxidation sites excluding steroid dienone is 3. The van der Waals surface area contributed by atoms with Crippen molar-refractivity contribution in [2.75, 3.05) is 7.05 Å². The molecule has 0 bridgehead atoms. The molecular weight excluding hydrogens is 146 g/mol. The Kier molecular flexibility index (Phi) is 10.9. The maximum atomic E-state index is 3.80. The van der Waals surface area contributed by atoms with Gasteiger partial charge in [0.15, 0.2) is 0 Å². The van der Waals surface area contributed by atoms with Crippen molar-refractivity contribution in [1.29, 1.82) is 0 Å². The van der Waals surface area contributed by atoms with Gasteiger partial charge >= 0.3 is 0 Å². The highest BCUT2D eigenvalue weighted by Gasteiger charge is 1.98. The summed E-state index contributed by atoms with van der Waals surface area (Å²) in [6.07, 6.45) is 4.63. The van der Waals surface area contributed by atoms with Crippen molar-refractivity contribution in [1.82, 2.24) is 5.32 Å². The fourth-order valence-corrected chi connectivity index (χ4v) is 0.649. The van der Waals surface area contributed by atoms with Crippen LogP contribution >= 0.6 is 0 Å². The number of hydrogen-bond donors (Lipinski definition) is 1. The zero-order valence-corrected chi connectivity index (χ0v) is 7.97. The number of nitrogens with one attached hydrogen (secondary N) is 1. The highest BCUT2D eigenvalue weighted by atomic mass is 14.8. The molecule has 1 N–H and O–H groups in total. The molecule has 0 radical (unpaired) electrons. The van der Waals surface area contributed by atoms with E-state index in [-0.39, 0.29) is 0 Å². The summed E-state index contributed by atoms with van der Waals surface area (Å²) in [5.74, 6) is 0.347. The van der Waals surface area contributed by atoms with Crippen LogP contribution < -0.4 is 5.32 Å². The van der Waals surface area contributed by atoms with Crippen molar-refractivity contribution < 1.29 is 0 Å². The summed E-state index contributed by atoms with van der Waals surface area (Å²) in [4.78, 5) is 0. The van der Waals surface area contributed by atoms with E-state index in [2.05, 4.69) is 38.2 Å². The van der Waals surface area contributed by atoms with E-state index < -0.39 is 0 Å². The molecule has 0 atom stereocenters. The summed E-state index contributed by atoms with van der Waals surface area (Å²) >= 11 is 0. The predicted octanol–water partition coefficient (Wildman–Crippen LogP) is 2.90. The van der Waals surface area contributed by atoms with Crippen LogP contribution in [-0.4, -0.2) is 7.05 Å². The first-order valence-electron chi connectivity index (χ1n) is 3.85. The number of rotatable bonds is 5. The Morgan fingerprint density at radius 3 is 2.00 bits per heavy atom. The van der Waals surface area contributed by atoms with E-state index >= 15 is 0 Å². The first-order chi connectivity index (χ1) is 5.74. The standard InChI is InChI=1S/C9H15N.C2H4/c1-5-9(6-2)7-8(3)10-4;1-2/h5-6,9-10H,1-3,7H2,4H3;1-2H2. The summed E-state index contributed by atoms with van der Waals surface area (Å²) < 4.78 is 0. The first-order valence-corrected chi connectivity index (χ1v) is 3.85. The van der Waals surface area contributed by atoms with E-state index in [1.807, 2.05) is 19.2 Å². The molecular formula is C11H19N. The van der Waals surface area contributed by atoms with E-state index in [0.717, 1.165) is 12.1 Å². The van der Waals surface area contributed by atoms with Crippen molar-refractivity contribution in [3.63, 3.8) is 0 Å². The van der Waals surface area contributed by atoms with Gasteiger partial charge in [-0.1, -0.05) is 18.7 Å². The van der Waals surface area contributed by atoms with Crippen molar-refractivity contribution in [2.24, 2.45) is 5.92 Å². The first kappa shape index (κ1) is 13.4. The molecule has 0 heterocycles. The Balaban J connectivity index is 0. The summed E-state index contributed by atoms with van der Waals surface area (Å²) in [6.45, 7) is 17.2. The van der Waals surface area contributed by atoms with Crippen LogP contribution in [0.15, 0.2) is 50.7 Å². The van der Waals surface area contributed by atoms with Crippen LogP contribution in [0.25, 0.3) is 0 Å². The molecule has 0 aliphatic carbocycles. The normalized spacial score (nSPS) is 7.83. The largest absolute Gasteiger partial charge is 0.392 e. The van der Waals surface area contributed by atoms with Crippen LogP contribution in [0.5, 0.6) is 0 Å². The fourth-order valence-electron chi connectivity index (χ4n) is 0.649. The summed E-state index contributed by atoms with van der Waals surface area (Å²) in [7, 11) is 1.87. The molecule has 1 heteroatoms.